The topological polar surface area (TPSA) is 40.5 Å². The van der Waals surface area contributed by atoms with Crippen molar-refractivity contribution in [1.29, 1.82) is 0 Å². The second kappa shape index (κ2) is 5.66. The number of hydrogen-bond acceptors (Lipinski definition) is 2. The van der Waals surface area contributed by atoms with E-state index in [4.69, 9.17) is 10.2 Å². The minimum atomic E-state index is -0.560. The fourth-order valence-corrected chi connectivity index (χ4v) is 0. The normalized spacial score (nSPS) is 12.5. The third-order valence-electron chi connectivity index (χ3n) is 0.264. The molecule has 0 aliphatic carbocycles. The van der Waals surface area contributed by atoms with E-state index < -0.39 is 6.10 Å². The summed E-state index contributed by atoms with van der Waals surface area (Å²) in [6.07, 6.45) is -0.560. The Labute approximate surface area is 52.7 Å². The zero-order chi connectivity index (χ0) is 4.28. The van der Waals surface area contributed by atoms with Crippen LogP contribution in [0.3, 0.4) is 0 Å². The van der Waals surface area contributed by atoms with Gasteiger partial charge in [-0.05, 0) is 6.92 Å². The molecule has 0 spiro atoms. The van der Waals surface area contributed by atoms with Crippen molar-refractivity contribution in [3.63, 3.8) is 0 Å². The maximum atomic E-state index is 8.11. The molecule has 0 amide bonds. The molecule has 0 aromatic heterocycles. The summed E-state index contributed by atoms with van der Waals surface area (Å²) in [5, 5.41) is 16.0. The van der Waals surface area contributed by atoms with Gasteiger partial charge in [-0.1, -0.05) is 0 Å². The minimum absolute atomic E-state index is 0. The summed E-state index contributed by atoms with van der Waals surface area (Å²) in [6.45, 7) is 1.39. The molecule has 0 aromatic rings. The van der Waals surface area contributed by atoms with E-state index >= 15 is 0 Å². The molecule has 0 aliphatic heterocycles. The molecule has 0 rings (SSSR count). The predicted octanol–water partition coefficient (Wildman–Crippen LogP) is -0.643. The van der Waals surface area contributed by atoms with Gasteiger partial charge in [-0.3, -0.25) is 0 Å². The Morgan fingerprint density at radius 3 is 1.83 bits per heavy atom. The Hall–Kier alpha value is 0.660. The van der Waals surface area contributed by atoms with Crippen molar-refractivity contribution in [3.05, 3.63) is 0 Å². The van der Waals surface area contributed by atoms with Gasteiger partial charge in [0.25, 0.3) is 0 Å². The molecule has 0 aromatic carbocycles. The first-order valence-corrected chi connectivity index (χ1v) is 1.56. The van der Waals surface area contributed by atoms with Crippen LogP contribution in [0.25, 0.3) is 0 Å². The van der Waals surface area contributed by atoms with Crippen molar-refractivity contribution in [2.45, 2.75) is 13.0 Å². The summed E-state index contributed by atoms with van der Waals surface area (Å²) in [7, 11) is 0. The maximum Gasteiger partial charge on any atom is 0.0742 e. The van der Waals surface area contributed by atoms with Gasteiger partial charge in [0.05, 0.1) is 12.7 Å². The van der Waals surface area contributed by atoms with Gasteiger partial charge in [0.1, 0.15) is 0 Å². The average molecular weight is 184 g/mol. The van der Waals surface area contributed by atoms with E-state index in [2.05, 4.69) is 0 Å². The van der Waals surface area contributed by atoms with Gasteiger partial charge in [0.15, 0.2) is 0 Å². The number of aliphatic hydroxyl groups excluding tert-OH is 2. The molecule has 0 aliphatic rings. The van der Waals surface area contributed by atoms with Crippen LogP contribution in [0.2, 0.25) is 0 Å². The molecule has 1 atom stereocenters. The van der Waals surface area contributed by atoms with E-state index in [0.717, 1.165) is 0 Å². The second-order valence-electron chi connectivity index (χ2n) is 1.03. The van der Waals surface area contributed by atoms with E-state index in [9.17, 15) is 0 Å². The number of hydrogen-bond donors (Lipinski definition) is 2. The Bertz CT molecular complexity index is 22.8. The summed E-state index contributed by atoms with van der Waals surface area (Å²) in [5.74, 6) is 0. The molecule has 43 valence electrons. The molecule has 0 heterocycles. The summed E-state index contributed by atoms with van der Waals surface area (Å²) in [4.78, 5) is 0. The molecule has 2 N–H and O–H groups in total. The van der Waals surface area contributed by atoms with Gasteiger partial charge in [0, 0.05) is 22.4 Å². The van der Waals surface area contributed by atoms with E-state index in [1.165, 1.54) is 6.92 Å². The molecule has 0 saturated heterocycles. The predicted molar refractivity (Wildman–Crippen MR) is 18.8 cm³/mol. The van der Waals surface area contributed by atoms with Crippen LogP contribution in [0.4, 0.5) is 0 Å². The molecule has 3 heteroatoms. The summed E-state index contributed by atoms with van der Waals surface area (Å²) >= 11 is 0. The fourth-order valence-electron chi connectivity index (χ4n) is 0. The van der Waals surface area contributed by atoms with Crippen LogP contribution < -0.4 is 0 Å². The Balaban J connectivity index is 0. The van der Waals surface area contributed by atoms with Crippen LogP contribution >= 0.6 is 0 Å². The van der Waals surface area contributed by atoms with Crippen LogP contribution in [-0.4, -0.2) is 22.9 Å². The summed E-state index contributed by atoms with van der Waals surface area (Å²) in [6, 6.07) is 0. The monoisotopic (exact) mass is 183 g/mol. The third-order valence-corrected chi connectivity index (χ3v) is 0.264. The van der Waals surface area contributed by atoms with Gasteiger partial charge in [0.2, 0.25) is 0 Å². The van der Waals surface area contributed by atoms with Crippen LogP contribution in [-0.2, 0) is 22.4 Å². The zero-order valence-electron chi connectivity index (χ0n) is 3.48. The number of rotatable bonds is 1. The fraction of sp³-hybridized carbons (Fsp3) is 1.00. The van der Waals surface area contributed by atoms with Crippen LogP contribution in [0.5, 0.6) is 0 Å². The van der Waals surface area contributed by atoms with Crippen molar-refractivity contribution in [1.82, 2.24) is 0 Å². The molecular formula is C3H8AgO2. The van der Waals surface area contributed by atoms with Crippen molar-refractivity contribution in [2.75, 3.05) is 6.61 Å². The van der Waals surface area contributed by atoms with Gasteiger partial charge in [-0.25, -0.2) is 0 Å². The van der Waals surface area contributed by atoms with Gasteiger partial charge >= 0.3 is 0 Å². The van der Waals surface area contributed by atoms with E-state index in [1.807, 2.05) is 0 Å². The van der Waals surface area contributed by atoms with E-state index in [0.29, 0.717) is 0 Å². The molecule has 1 radical (unpaired) electrons. The van der Waals surface area contributed by atoms with Crippen molar-refractivity contribution in [2.24, 2.45) is 0 Å². The van der Waals surface area contributed by atoms with Crippen molar-refractivity contribution >= 4 is 0 Å². The maximum absolute atomic E-state index is 8.11. The minimum Gasteiger partial charge on any atom is -0.394 e. The first-order chi connectivity index (χ1) is 2.27. The molecular weight excluding hydrogens is 176 g/mol. The van der Waals surface area contributed by atoms with Crippen LogP contribution in [0, 0.1) is 0 Å². The molecule has 0 bridgehead atoms. The van der Waals surface area contributed by atoms with E-state index in [-0.39, 0.29) is 29.0 Å². The van der Waals surface area contributed by atoms with Gasteiger partial charge < -0.3 is 10.2 Å². The standard InChI is InChI=1S/C3H8O2.Ag/c1-3(5)2-4;/h3-5H,2H2,1H3;. The van der Waals surface area contributed by atoms with Crippen LogP contribution in [0.15, 0.2) is 0 Å². The molecule has 1 unspecified atom stereocenters. The smallest absolute Gasteiger partial charge is 0.0742 e. The zero-order valence-corrected chi connectivity index (χ0v) is 4.96. The first kappa shape index (κ1) is 9.83. The van der Waals surface area contributed by atoms with Crippen molar-refractivity contribution in [3.8, 4) is 0 Å². The quantitative estimate of drug-likeness (QED) is 0.532. The summed E-state index contributed by atoms with van der Waals surface area (Å²) in [5.41, 5.74) is 0. The molecule has 0 fully saturated rings. The number of aliphatic hydroxyl groups is 2. The van der Waals surface area contributed by atoms with Crippen molar-refractivity contribution < 1.29 is 32.6 Å². The summed E-state index contributed by atoms with van der Waals surface area (Å²) < 4.78 is 0. The molecule has 0 saturated carbocycles. The average Bonchev–Trinajstić information content (AvgIpc) is 1.38. The van der Waals surface area contributed by atoms with Gasteiger partial charge in [-0.2, -0.15) is 0 Å². The van der Waals surface area contributed by atoms with Gasteiger partial charge in [-0.15, -0.1) is 0 Å². The third kappa shape index (κ3) is 8.82. The largest absolute Gasteiger partial charge is 0.394 e. The molecule has 6 heavy (non-hydrogen) atoms. The Morgan fingerprint density at radius 1 is 1.67 bits per heavy atom. The molecule has 2 nitrogen and oxygen atoms in total. The SMILES string of the molecule is CC(O)CO.[Ag]. The second-order valence-corrected chi connectivity index (χ2v) is 1.03. The Kier molecular flexibility index (Phi) is 9.27. The van der Waals surface area contributed by atoms with Crippen LogP contribution in [0.1, 0.15) is 6.92 Å². The first-order valence-electron chi connectivity index (χ1n) is 1.56. The van der Waals surface area contributed by atoms with E-state index in [1.54, 1.807) is 0 Å². The Morgan fingerprint density at radius 2 is 1.83 bits per heavy atom.